The molecule has 6 heteroatoms. The molecule has 1 fully saturated rings. The van der Waals surface area contributed by atoms with Gasteiger partial charge in [-0.1, -0.05) is 12.1 Å². The summed E-state index contributed by atoms with van der Waals surface area (Å²) in [7, 11) is 5.58. The lowest BCUT2D eigenvalue weighted by Crippen LogP contribution is -2.46. The molecule has 2 aromatic carbocycles. The first-order chi connectivity index (χ1) is 15.6. The standard InChI is InChI=1S/C26H38N2O4/c1-5-32-24-10-9-21(15-22(24)19-29)17-28-13-6-7-23(18-28)27(2)14-12-20-8-11-25(30-3)26(16-20)31-4/h8-11,15-16,23,29H,5-7,12-14,17-19H2,1-4H3. The van der Waals surface area contributed by atoms with Crippen LogP contribution >= 0.6 is 0 Å². The number of piperidine rings is 1. The normalized spacial score (nSPS) is 16.9. The van der Waals surface area contributed by atoms with Crippen molar-refractivity contribution in [2.45, 2.75) is 45.4 Å². The van der Waals surface area contributed by atoms with E-state index in [1.807, 2.05) is 19.1 Å². The Morgan fingerprint density at radius 3 is 2.50 bits per heavy atom. The minimum atomic E-state index is 0.00464. The Morgan fingerprint density at radius 2 is 1.78 bits per heavy atom. The smallest absolute Gasteiger partial charge is 0.160 e. The summed E-state index contributed by atoms with van der Waals surface area (Å²) in [6.07, 6.45) is 3.41. The molecule has 1 saturated heterocycles. The number of hydrogen-bond donors (Lipinski definition) is 1. The minimum absolute atomic E-state index is 0.00464. The van der Waals surface area contributed by atoms with Crippen LogP contribution in [0.25, 0.3) is 0 Å². The third kappa shape index (κ3) is 6.37. The number of rotatable bonds is 11. The van der Waals surface area contributed by atoms with Gasteiger partial charge in [-0.05, 0) is 75.2 Å². The molecular weight excluding hydrogens is 404 g/mol. The Bertz CT molecular complexity index is 858. The Labute approximate surface area is 192 Å². The van der Waals surface area contributed by atoms with Crippen LogP contribution in [-0.2, 0) is 19.6 Å². The third-order valence-corrected chi connectivity index (χ3v) is 6.31. The van der Waals surface area contributed by atoms with Crippen molar-refractivity contribution in [3.05, 3.63) is 53.1 Å². The largest absolute Gasteiger partial charge is 0.494 e. The van der Waals surface area contributed by atoms with Crippen molar-refractivity contribution in [1.82, 2.24) is 9.80 Å². The van der Waals surface area contributed by atoms with Crippen LogP contribution in [0, 0.1) is 0 Å². The highest BCUT2D eigenvalue weighted by molar-refractivity contribution is 5.43. The number of aliphatic hydroxyl groups excluding tert-OH is 1. The Kier molecular flexibility index (Phi) is 9.21. The average molecular weight is 443 g/mol. The van der Waals surface area contributed by atoms with Crippen molar-refractivity contribution in [1.29, 1.82) is 0 Å². The van der Waals surface area contributed by atoms with Gasteiger partial charge in [0.25, 0.3) is 0 Å². The molecule has 6 nitrogen and oxygen atoms in total. The quantitative estimate of drug-likeness (QED) is 0.572. The number of methoxy groups -OCH3 is 2. The van der Waals surface area contributed by atoms with Gasteiger partial charge in [0.2, 0.25) is 0 Å². The van der Waals surface area contributed by atoms with Crippen molar-refractivity contribution in [3.8, 4) is 17.2 Å². The van der Waals surface area contributed by atoms with Gasteiger partial charge in [0, 0.05) is 31.2 Å². The summed E-state index contributed by atoms with van der Waals surface area (Å²) >= 11 is 0. The summed E-state index contributed by atoms with van der Waals surface area (Å²) in [5, 5.41) is 9.69. The molecule has 0 aliphatic carbocycles. The fourth-order valence-corrected chi connectivity index (χ4v) is 4.47. The lowest BCUT2D eigenvalue weighted by Gasteiger charge is -2.38. The number of ether oxygens (including phenoxy) is 3. The molecule has 1 N–H and O–H groups in total. The van der Waals surface area contributed by atoms with Gasteiger partial charge >= 0.3 is 0 Å². The van der Waals surface area contributed by atoms with E-state index in [4.69, 9.17) is 14.2 Å². The fourth-order valence-electron chi connectivity index (χ4n) is 4.47. The molecule has 0 bridgehead atoms. The molecule has 32 heavy (non-hydrogen) atoms. The van der Waals surface area contributed by atoms with E-state index in [-0.39, 0.29) is 6.61 Å². The first-order valence-corrected chi connectivity index (χ1v) is 11.6. The molecule has 3 rings (SSSR count). The number of aliphatic hydroxyl groups is 1. The highest BCUT2D eigenvalue weighted by Gasteiger charge is 2.23. The zero-order valence-electron chi connectivity index (χ0n) is 20.0. The lowest BCUT2D eigenvalue weighted by molar-refractivity contribution is 0.112. The molecule has 0 saturated carbocycles. The first-order valence-electron chi connectivity index (χ1n) is 11.6. The third-order valence-electron chi connectivity index (χ3n) is 6.31. The van der Waals surface area contributed by atoms with Gasteiger partial charge in [-0.3, -0.25) is 4.90 Å². The van der Waals surface area contributed by atoms with E-state index < -0.39 is 0 Å². The second-order valence-electron chi connectivity index (χ2n) is 8.48. The molecular formula is C26H38N2O4. The van der Waals surface area contributed by atoms with E-state index in [0.717, 1.165) is 55.4 Å². The van der Waals surface area contributed by atoms with Crippen LogP contribution in [0.5, 0.6) is 17.2 Å². The van der Waals surface area contributed by atoms with Crippen molar-refractivity contribution in [2.24, 2.45) is 0 Å². The van der Waals surface area contributed by atoms with Crippen LogP contribution < -0.4 is 14.2 Å². The average Bonchev–Trinajstić information content (AvgIpc) is 2.83. The monoisotopic (exact) mass is 442 g/mol. The predicted octanol–water partition coefficient (Wildman–Crippen LogP) is 3.73. The topological polar surface area (TPSA) is 54.4 Å². The van der Waals surface area contributed by atoms with Crippen LogP contribution in [0.2, 0.25) is 0 Å². The van der Waals surface area contributed by atoms with Gasteiger partial charge in [-0.2, -0.15) is 0 Å². The van der Waals surface area contributed by atoms with E-state index in [1.165, 1.54) is 24.0 Å². The van der Waals surface area contributed by atoms with E-state index in [0.29, 0.717) is 12.6 Å². The van der Waals surface area contributed by atoms with E-state index in [1.54, 1.807) is 14.2 Å². The Hall–Kier alpha value is -2.28. The maximum atomic E-state index is 9.69. The molecule has 0 spiro atoms. The summed E-state index contributed by atoms with van der Waals surface area (Å²) in [6.45, 7) is 6.65. The summed E-state index contributed by atoms with van der Waals surface area (Å²) in [5.41, 5.74) is 3.35. The second kappa shape index (κ2) is 12.1. The molecule has 1 heterocycles. The van der Waals surface area contributed by atoms with Crippen LogP contribution in [0.3, 0.4) is 0 Å². The number of likely N-dealkylation sites (tertiary alicyclic amines) is 1. The maximum Gasteiger partial charge on any atom is 0.160 e. The zero-order chi connectivity index (χ0) is 22.9. The SMILES string of the molecule is CCOc1ccc(CN2CCCC(N(C)CCc3ccc(OC)c(OC)c3)C2)cc1CO. The van der Waals surface area contributed by atoms with Gasteiger partial charge in [-0.25, -0.2) is 0 Å². The zero-order valence-corrected chi connectivity index (χ0v) is 20.0. The summed E-state index contributed by atoms with van der Waals surface area (Å²) in [5.74, 6) is 2.34. The highest BCUT2D eigenvalue weighted by Crippen LogP contribution is 2.28. The number of hydrogen-bond acceptors (Lipinski definition) is 6. The lowest BCUT2D eigenvalue weighted by atomic mass is 10.0. The van der Waals surface area contributed by atoms with E-state index in [9.17, 15) is 5.11 Å². The first kappa shape index (κ1) is 24.4. The van der Waals surface area contributed by atoms with Crippen molar-refractivity contribution < 1.29 is 19.3 Å². The second-order valence-corrected chi connectivity index (χ2v) is 8.48. The molecule has 1 unspecified atom stereocenters. The van der Waals surface area contributed by atoms with Crippen molar-refractivity contribution >= 4 is 0 Å². The van der Waals surface area contributed by atoms with Crippen molar-refractivity contribution in [3.63, 3.8) is 0 Å². The summed E-state index contributed by atoms with van der Waals surface area (Å²) in [6, 6.07) is 12.9. The fraction of sp³-hybridized carbons (Fsp3) is 0.538. The number of likely N-dealkylation sites (N-methyl/N-ethyl adjacent to an activating group) is 1. The van der Waals surface area contributed by atoms with Gasteiger partial charge in [0.15, 0.2) is 11.5 Å². The van der Waals surface area contributed by atoms with Crippen LogP contribution in [0.15, 0.2) is 36.4 Å². The van der Waals surface area contributed by atoms with Crippen LogP contribution in [0.4, 0.5) is 0 Å². The predicted molar refractivity (Wildman–Crippen MR) is 128 cm³/mol. The number of nitrogens with zero attached hydrogens (tertiary/aromatic N) is 2. The Morgan fingerprint density at radius 1 is 1.03 bits per heavy atom. The van der Waals surface area contributed by atoms with Crippen LogP contribution in [-0.4, -0.2) is 68.5 Å². The highest BCUT2D eigenvalue weighted by atomic mass is 16.5. The molecule has 176 valence electrons. The molecule has 0 aromatic heterocycles. The summed E-state index contributed by atoms with van der Waals surface area (Å²) in [4.78, 5) is 5.01. The molecule has 2 aromatic rings. The van der Waals surface area contributed by atoms with Crippen LogP contribution in [0.1, 0.15) is 36.5 Å². The molecule has 0 radical (unpaired) electrons. The molecule has 1 atom stereocenters. The van der Waals surface area contributed by atoms with E-state index >= 15 is 0 Å². The van der Waals surface area contributed by atoms with Gasteiger partial charge < -0.3 is 24.2 Å². The molecule has 1 aliphatic heterocycles. The van der Waals surface area contributed by atoms with E-state index in [2.05, 4.69) is 41.1 Å². The van der Waals surface area contributed by atoms with Gasteiger partial charge in [0.05, 0.1) is 27.4 Å². The van der Waals surface area contributed by atoms with Gasteiger partial charge in [0.1, 0.15) is 5.75 Å². The minimum Gasteiger partial charge on any atom is -0.494 e. The summed E-state index contributed by atoms with van der Waals surface area (Å²) < 4.78 is 16.4. The number of benzene rings is 2. The maximum absolute atomic E-state index is 9.69. The van der Waals surface area contributed by atoms with Crippen molar-refractivity contribution in [2.75, 3.05) is 47.5 Å². The molecule has 0 amide bonds. The Balaban J connectivity index is 1.55. The van der Waals surface area contributed by atoms with Gasteiger partial charge in [-0.15, -0.1) is 0 Å². The molecule has 1 aliphatic rings.